The van der Waals surface area contributed by atoms with Gasteiger partial charge >= 0.3 is 5.63 Å². The summed E-state index contributed by atoms with van der Waals surface area (Å²) < 4.78 is 7.64. The van der Waals surface area contributed by atoms with Gasteiger partial charge in [0.1, 0.15) is 11.2 Å². The summed E-state index contributed by atoms with van der Waals surface area (Å²) in [7, 11) is 2.14. The molecule has 4 aromatic rings. The first-order chi connectivity index (χ1) is 14.1. The van der Waals surface area contributed by atoms with E-state index >= 15 is 0 Å². The smallest absolute Gasteiger partial charge is 0.345 e. The van der Waals surface area contributed by atoms with Crippen LogP contribution < -0.4 is 10.5 Å². The van der Waals surface area contributed by atoms with Gasteiger partial charge in [0.25, 0.3) is 0 Å². The maximum atomic E-state index is 12.7. The number of pyridine rings is 1. The first kappa shape index (κ1) is 17.9. The van der Waals surface area contributed by atoms with E-state index in [-0.39, 0.29) is 5.63 Å². The lowest BCUT2D eigenvalue weighted by Gasteiger charge is -2.34. The first-order valence-corrected chi connectivity index (χ1v) is 10.1. The number of nitrogens with zero attached hydrogens (tertiary/aromatic N) is 4. The van der Waals surface area contributed by atoms with E-state index in [9.17, 15) is 4.79 Å². The minimum Gasteiger partial charge on any atom is -0.422 e. The van der Waals surface area contributed by atoms with E-state index in [0.29, 0.717) is 16.8 Å². The van der Waals surface area contributed by atoms with Crippen LogP contribution in [0.4, 0.5) is 5.69 Å². The number of rotatable bonds is 3. The predicted octanol–water partition coefficient (Wildman–Crippen LogP) is 3.42. The molecule has 0 radical (unpaired) electrons. The fourth-order valence-electron chi connectivity index (χ4n) is 3.91. The normalized spacial score (nSPS) is 15.4. The molecule has 1 saturated heterocycles. The zero-order chi connectivity index (χ0) is 20.0. The van der Waals surface area contributed by atoms with Crippen molar-refractivity contribution in [3.63, 3.8) is 0 Å². The molecule has 0 aliphatic carbocycles. The molecule has 4 heterocycles. The highest BCUT2D eigenvalue weighted by molar-refractivity contribution is 5.84. The topological polar surface area (TPSA) is 54.0 Å². The Hall–Kier alpha value is -3.12. The maximum Gasteiger partial charge on any atom is 0.345 e. The molecule has 29 heavy (non-hydrogen) atoms. The van der Waals surface area contributed by atoms with Gasteiger partial charge in [-0.25, -0.2) is 9.78 Å². The number of likely N-dealkylation sites (N-methyl/N-ethyl adjacent to an activating group) is 1. The Morgan fingerprint density at radius 3 is 2.69 bits per heavy atom. The van der Waals surface area contributed by atoms with Crippen LogP contribution in [0.5, 0.6) is 0 Å². The van der Waals surface area contributed by atoms with Gasteiger partial charge in [-0.1, -0.05) is 6.92 Å². The first-order valence-electron chi connectivity index (χ1n) is 10.1. The molecule has 0 spiro atoms. The zero-order valence-electron chi connectivity index (χ0n) is 16.8. The van der Waals surface area contributed by atoms with Crippen LogP contribution in [0.3, 0.4) is 0 Å². The number of aryl methyl sites for hydroxylation is 1. The van der Waals surface area contributed by atoms with E-state index in [1.54, 1.807) is 0 Å². The van der Waals surface area contributed by atoms with Crippen LogP contribution in [0.15, 0.2) is 58.0 Å². The molecule has 1 aliphatic heterocycles. The van der Waals surface area contributed by atoms with Crippen LogP contribution in [-0.4, -0.2) is 47.5 Å². The highest BCUT2D eigenvalue weighted by Gasteiger charge is 2.16. The summed E-state index contributed by atoms with van der Waals surface area (Å²) in [4.78, 5) is 22.0. The van der Waals surface area contributed by atoms with E-state index in [0.717, 1.165) is 49.3 Å². The summed E-state index contributed by atoms with van der Waals surface area (Å²) >= 11 is 0. The summed E-state index contributed by atoms with van der Waals surface area (Å²) in [5.41, 5.74) is 4.55. The van der Waals surface area contributed by atoms with Crippen molar-refractivity contribution in [3.05, 3.63) is 64.8 Å². The lowest BCUT2D eigenvalue weighted by Crippen LogP contribution is -2.44. The fourth-order valence-corrected chi connectivity index (χ4v) is 3.91. The minimum atomic E-state index is -0.354. The standard InChI is InChI=1S/C23H24N4O2/c1-3-16-6-7-27-15-20(24-22(27)12-16)19-13-17-4-5-18(14-21(17)29-23(19)28)26-10-8-25(2)9-11-26/h4-7,12-15H,3,8-11H2,1-2H3. The average molecular weight is 388 g/mol. The molecule has 0 bridgehead atoms. The van der Waals surface area contributed by atoms with Crippen LogP contribution in [-0.2, 0) is 6.42 Å². The largest absolute Gasteiger partial charge is 0.422 e. The molecule has 1 aromatic carbocycles. The van der Waals surface area contributed by atoms with Crippen LogP contribution in [0.2, 0.25) is 0 Å². The van der Waals surface area contributed by atoms with Crippen molar-refractivity contribution in [2.75, 3.05) is 38.1 Å². The van der Waals surface area contributed by atoms with E-state index < -0.39 is 0 Å². The Balaban J connectivity index is 1.53. The van der Waals surface area contributed by atoms with E-state index in [1.807, 2.05) is 35.0 Å². The second-order valence-electron chi connectivity index (χ2n) is 7.74. The van der Waals surface area contributed by atoms with Gasteiger partial charge in [-0.05, 0) is 49.4 Å². The van der Waals surface area contributed by atoms with Crippen molar-refractivity contribution >= 4 is 22.3 Å². The molecule has 0 saturated carbocycles. The molecule has 6 nitrogen and oxygen atoms in total. The number of hydrogen-bond acceptors (Lipinski definition) is 5. The molecule has 3 aromatic heterocycles. The maximum absolute atomic E-state index is 12.7. The molecule has 1 fully saturated rings. The molecular formula is C23H24N4O2. The number of hydrogen-bond donors (Lipinski definition) is 0. The van der Waals surface area contributed by atoms with Gasteiger partial charge in [-0.3, -0.25) is 0 Å². The summed E-state index contributed by atoms with van der Waals surface area (Å²) in [5.74, 6) is 0. The Labute approximate surface area is 169 Å². The lowest BCUT2D eigenvalue weighted by molar-refractivity contribution is 0.313. The second kappa shape index (κ2) is 7.04. The molecule has 6 heteroatoms. The zero-order valence-corrected chi connectivity index (χ0v) is 16.8. The molecular weight excluding hydrogens is 364 g/mol. The molecule has 0 amide bonds. The van der Waals surface area contributed by atoms with Gasteiger partial charge < -0.3 is 18.6 Å². The Bertz CT molecular complexity index is 1250. The van der Waals surface area contributed by atoms with Gasteiger partial charge in [0, 0.05) is 55.7 Å². The van der Waals surface area contributed by atoms with Gasteiger partial charge in [0.2, 0.25) is 0 Å². The molecule has 0 unspecified atom stereocenters. The number of piperazine rings is 1. The number of fused-ring (bicyclic) bond motifs is 2. The Morgan fingerprint density at radius 2 is 1.90 bits per heavy atom. The predicted molar refractivity (Wildman–Crippen MR) is 116 cm³/mol. The SMILES string of the molecule is CCc1ccn2cc(-c3cc4ccc(N5CCN(C)CC5)cc4oc3=O)nc2c1. The fraction of sp³-hybridized carbons (Fsp3) is 0.304. The quantitative estimate of drug-likeness (QED) is 0.504. The van der Waals surface area contributed by atoms with Crippen molar-refractivity contribution in [2.24, 2.45) is 0 Å². The summed E-state index contributed by atoms with van der Waals surface area (Å²) in [6.07, 6.45) is 4.81. The molecule has 0 atom stereocenters. The second-order valence-corrected chi connectivity index (χ2v) is 7.74. The molecule has 0 N–H and O–H groups in total. The van der Waals surface area contributed by atoms with E-state index in [1.165, 1.54) is 5.56 Å². The third kappa shape index (κ3) is 3.29. The molecule has 1 aliphatic rings. The van der Waals surface area contributed by atoms with Crippen LogP contribution in [0.1, 0.15) is 12.5 Å². The van der Waals surface area contributed by atoms with Crippen molar-refractivity contribution in [1.29, 1.82) is 0 Å². The van der Waals surface area contributed by atoms with Crippen LogP contribution >= 0.6 is 0 Å². The highest BCUT2D eigenvalue weighted by atomic mass is 16.4. The molecule has 5 rings (SSSR count). The monoisotopic (exact) mass is 388 g/mol. The van der Waals surface area contributed by atoms with Crippen molar-refractivity contribution in [2.45, 2.75) is 13.3 Å². The summed E-state index contributed by atoms with van der Waals surface area (Å²) in [5, 5.41) is 0.906. The third-order valence-electron chi connectivity index (χ3n) is 5.80. The Morgan fingerprint density at radius 1 is 1.07 bits per heavy atom. The lowest BCUT2D eigenvalue weighted by atomic mass is 10.1. The van der Waals surface area contributed by atoms with Crippen molar-refractivity contribution < 1.29 is 4.42 Å². The average Bonchev–Trinajstić information content (AvgIpc) is 3.16. The summed E-state index contributed by atoms with van der Waals surface area (Å²) in [6, 6.07) is 12.1. The van der Waals surface area contributed by atoms with Gasteiger partial charge in [0.15, 0.2) is 0 Å². The molecule has 148 valence electrons. The number of aromatic nitrogens is 2. The minimum absolute atomic E-state index is 0.354. The van der Waals surface area contributed by atoms with Crippen molar-refractivity contribution in [1.82, 2.24) is 14.3 Å². The summed E-state index contributed by atoms with van der Waals surface area (Å²) in [6.45, 7) is 6.14. The number of benzene rings is 1. The van der Waals surface area contributed by atoms with Gasteiger partial charge in [-0.15, -0.1) is 0 Å². The third-order valence-corrected chi connectivity index (χ3v) is 5.80. The number of anilines is 1. The van der Waals surface area contributed by atoms with E-state index in [4.69, 9.17) is 4.42 Å². The highest BCUT2D eigenvalue weighted by Crippen LogP contribution is 2.26. The van der Waals surface area contributed by atoms with Gasteiger partial charge in [0.05, 0.1) is 11.3 Å². The van der Waals surface area contributed by atoms with E-state index in [2.05, 4.69) is 47.0 Å². The number of imidazole rings is 1. The van der Waals surface area contributed by atoms with Gasteiger partial charge in [-0.2, -0.15) is 0 Å². The van der Waals surface area contributed by atoms with Crippen LogP contribution in [0.25, 0.3) is 27.9 Å². The van der Waals surface area contributed by atoms with Crippen molar-refractivity contribution in [3.8, 4) is 11.3 Å². The Kier molecular flexibility index (Phi) is 4.36. The van der Waals surface area contributed by atoms with Crippen LogP contribution in [0, 0.1) is 0 Å².